The molecule has 0 spiro atoms. The highest BCUT2D eigenvalue weighted by Gasteiger charge is 2.24. The molecule has 0 bridgehead atoms. The summed E-state index contributed by atoms with van der Waals surface area (Å²) in [5.41, 5.74) is 3.27. The monoisotopic (exact) mass is 438 g/mol. The first-order valence-corrected chi connectivity index (χ1v) is 12.4. The third kappa shape index (κ3) is 5.64. The number of halogens is 1. The van der Waals surface area contributed by atoms with E-state index >= 15 is 0 Å². The van der Waals surface area contributed by atoms with Gasteiger partial charge in [-0.15, -0.1) is 0 Å². The van der Waals surface area contributed by atoms with Crippen molar-refractivity contribution in [2.45, 2.75) is 51.9 Å². The fourth-order valence-corrected chi connectivity index (χ4v) is 4.76. The molecule has 1 saturated heterocycles. The van der Waals surface area contributed by atoms with Gasteiger partial charge in [0, 0.05) is 42.2 Å². The normalized spacial score (nSPS) is 15.1. The predicted molar refractivity (Wildman–Crippen MR) is 133 cm³/mol. The highest BCUT2D eigenvalue weighted by Crippen LogP contribution is 2.41. The number of unbranched alkanes of at least 4 members (excludes halogenated alkanes) is 6. The van der Waals surface area contributed by atoms with Crippen molar-refractivity contribution in [3.05, 3.63) is 53.6 Å². The fraction of sp³-hybridized carbons (Fsp3) is 0.481. The summed E-state index contributed by atoms with van der Waals surface area (Å²) in [5.74, 6) is 0.957. The summed E-state index contributed by atoms with van der Waals surface area (Å²) in [7, 11) is 0. The molecular weight excluding hydrogens is 404 g/mol. The lowest BCUT2D eigenvalue weighted by Gasteiger charge is -2.36. The van der Waals surface area contributed by atoms with Crippen LogP contribution in [0.1, 0.15) is 51.9 Å². The Bertz CT molecular complexity index is 942. The van der Waals surface area contributed by atoms with Crippen LogP contribution in [0.2, 0.25) is 5.02 Å². The second-order valence-electron chi connectivity index (χ2n) is 8.73. The van der Waals surface area contributed by atoms with Gasteiger partial charge in [-0.05, 0) is 49.4 Å². The van der Waals surface area contributed by atoms with Crippen LogP contribution in [0.4, 0.5) is 5.69 Å². The molecule has 0 saturated carbocycles. The SMILES string of the molecule is CCCCCCCCCN1CCN(c2c(-c3ccc(Cl)cc3)oc3ccccc23)CC1. The third-order valence-electron chi connectivity index (χ3n) is 6.44. The van der Waals surface area contributed by atoms with Gasteiger partial charge < -0.3 is 9.32 Å². The first-order valence-electron chi connectivity index (χ1n) is 12.0. The molecule has 0 amide bonds. The summed E-state index contributed by atoms with van der Waals surface area (Å²) in [6, 6.07) is 16.4. The fourth-order valence-electron chi connectivity index (χ4n) is 4.63. The van der Waals surface area contributed by atoms with Crippen molar-refractivity contribution in [1.29, 1.82) is 0 Å². The van der Waals surface area contributed by atoms with Crippen LogP contribution in [0.3, 0.4) is 0 Å². The van der Waals surface area contributed by atoms with Crippen LogP contribution in [0, 0.1) is 0 Å². The lowest BCUT2D eigenvalue weighted by molar-refractivity contribution is 0.252. The largest absolute Gasteiger partial charge is 0.454 e. The van der Waals surface area contributed by atoms with Crippen LogP contribution in [0.15, 0.2) is 52.9 Å². The molecular formula is C27H35ClN2O. The van der Waals surface area contributed by atoms with Gasteiger partial charge in [-0.25, -0.2) is 0 Å². The zero-order chi connectivity index (χ0) is 21.5. The number of piperazine rings is 1. The van der Waals surface area contributed by atoms with Gasteiger partial charge >= 0.3 is 0 Å². The molecule has 1 aromatic heterocycles. The van der Waals surface area contributed by atoms with Crippen molar-refractivity contribution in [2.75, 3.05) is 37.6 Å². The lowest BCUT2D eigenvalue weighted by atomic mass is 10.1. The minimum atomic E-state index is 0.750. The molecule has 2 aromatic carbocycles. The van der Waals surface area contributed by atoms with Crippen LogP contribution < -0.4 is 4.90 Å². The van der Waals surface area contributed by atoms with E-state index in [9.17, 15) is 0 Å². The molecule has 3 nitrogen and oxygen atoms in total. The number of hydrogen-bond acceptors (Lipinski definition) is 3. The van der Waals surface area contributed by atoms with Crippen molar-refractivity contribution in [3.63, 3.8) is 0 Å². The van der Waals surface area contributed by atoms with E-state index in [1.807, 2.05) is 18.2 Å². The molecule has 2 heterocycles. The van der Waals surface area contributed by atoms with E-state index in [0.717, 1.165) is 48.1 Å². The Hall–Kier alpha value is -1.97. The number of fused-ring (bicyclic) bond motifs is 1. The molecule has 166 valence electrons. The highest BCUT2D eigenvalue weighted by atomic mass is 35.5. The Morgan fingerprint density at radius 3 is 2.23 bits per heavy atom. The van der Waals surface area contributed by atoms with Gasteiger partial charge in [-0.3, -0.25) is 4.90 Å². The summed E-state index contributed by atoms with van der Waals surface area (Å²) in [4.78, 5) is 5.14. The first-order chi connectivity index (χ1) is 15.3. The Morgan fingerprint density at radius 1 is 0.806 bits per heavy atom. The number of nitrogens with zero attached hydrogens (tertiary/aromatic N) is 2. The maximum Gasteiger partial charge on any atom is 0.158 e. The summed E-state index contributed by atoms with van der Waals surface area (Å²) in [5, 5.41) is 1.95. The molecule has 1 aliphatic rings. The van der Waals surface area contributed by atoms with E-state index in [2.05, 4.69) is 47.1 Å². The van der Waals surface area contributed by atoms with E-state index < -0.39 is 0 Å². The molecule has 0 atom stereocenters. The number of rotatable bonds is 10. The highest BCUT2D eigenvalue weighted by molar-refractivity contribution is 6.30. The minimum Gasteiger partial charge on any atom is -0.454 e. The summed E-state index contributed by atoms with van der Waals surface area (Å²) in [6.07, 6.45) is 9.63. The van der Waals surface area contributed by atoms with Gasteiger partial charge in [0.15, 0.2) is 5.76 Å². The summed E-state index contributed by atoms with van der Waals surface area (Å²) < 4.78 is 6.33. The average molecular weight is 439 g/mol. The van der Waals surface area contributed by atoms with Crippen LogP contribution in [-0.4, -0.2) is 37.6 Å². The second kappa shape index (κ2) is 11.1. The molecule has 0 radical (unpaired) electrons. The summed E-state index contributed by atoms with van der Waals surface area (Å²) in [6.45, 7) is 7.84. The Balaban J connectivity index is 1.39. The molecule has 4 rings (SSSR count). The van der Waals surface area contributed by atoms with Crippen LogP contribution in [0.25, 0.3) is 22.3 Å². The van der Waals surface area contributed by atoms with Gasteiger partial charge in [-0.2, -0.15) is 0 Å². The van der Waals surface area contributed by atoms with Gasteiger partial charge in [0.2, 0.25) is 0 Å². The average Bonchev–Trinajstić information content (AvgIpc) is 3.19. The minimum absolute atomic E-state index is 0.750. The molecule has 1 fully saturated rings. The van der Waals surface area contributed by atoms with Crippen molar-refractivity contribution in [3.8, 4) is 11.3 Å². The van der Waals surface area contributed by atoms with Gasteiger partial charge in [0.05, 0.1) is 5.69 Å². The predicted octanol–water partition coefficient (Wildman–Crippen LogP) is 7.63. The van der Waals surface area contributed by atoms with Crippen LogP contribution >= 0.6 is 11.6 Å². The quantitative estimate of drug-likeness (QED) is 0.303. The molecule has 31 heavy (non-hydrogen) atoms. The Kier molecular flexibility index (Phi) is 7.93. The third-order valence-corrected chi connectivity index (χ3v) is 6.69. The molecule has 3 aromatic rings. The molecule has 0 unspecified atom stereocenters. The number of para-hydroxylation sites is 1. The second-order valence-corrected chi connectivity index (χ2v) is 9.17. The Morgan fingerprint density at radius 2 is 1.48 bits per heavy atom. The number of furan rings is 1. The number of hydrogen-bond donors (Lipinski definition) is 0. The van der Waals surface area contributed by atoms with Crippen molar-refractivity contribution >= 4 is 28.3 Å². The first kappa shape index (κ1) is 22.2. The van der Waals surface area contributed by atoms with Gasteiger partial charge in [-0.1, -0.05) is 69.2 Å². The van der Waals surface area contributed by atoms with Crippen LogP contribution in [-0.2, 0) is 0 Å². The topological polar surface area (TPSA) is 19.6 Å². The molecule has 0 N–H and O–H groups in total. The molecule has 0 aliphatic carbocycles. The van der Waals surface area contributed by atoms with Gasteiger partial charge in [0.25, 0.3) is 0 Å². The van der Waals surface area contributed by atoms with E-state index in [0.29, 0.717) is 0 Å². The lowest BCUT2D eigenvalue weighted by Crippen LogP contribution is -2.46. The maximum absolute atomic E-state index is 6.33. The van der Waals surface area contributed by atoms with Crippen molar-refractivity contribution in [2.24, 2.45) is 0 Å². The van der Waals surface area contributed by atoms with E-state index in [4.69, 9.17) is 16.0 Å². The zero-order valence-electron chi connectivity index (χ0n) is 18.8. The smallest absolute Gasteiger partial charge is 0.158 e. The zero-order valence-corrected chi connectivity index (χ0v) is 19.5. The molecule has 1 aliphatic heterocycles. The van der Waals surface area contributed by atoms with E-state index in [-0.39, 0.29) is 0 Å². The Labute approximate surface area is 192 Å². The summed E-state index contributed by atoms with van der Waals surface area (Å²) >= 11 is 6.12. The molecule has 4 heteroatoms. The van der Waals surface area contributed by atoms with Crippen molar-refractivity contribution < 1.29 is 4.42 Å². The van der Waals surface area contributed by atoms with E-state index in [1.165, 1.54) is 62.6 Å². The standard InChI is InChI=1S/C27H35ClN2O/c1-2-3-4-5-6-7-10-17-29-18-20-30(21-19-29)26-24-11-8-9-12-25(24)31-27(26)22-13-15-23(28)16-14-22/h8-9,11-16H,2-7,10,17-21H2,1H3. The van der Waals surface area contributed by atoms with Gasteiger partial charge in [0.1, 0.15) is 5.58 Å². The number of benzene rings is 2. The number of anilines is 1. The van der Waals surface area contributed by atoms with Crippen molar-refractivity contribution in [1.82, 2.24) is 4.90 Å². The van der Waals surface area contributed by atoms with E-state index in [1.54, 1.807) is 0 Å². The maximum atomic E-state index is 6.33. The van der Waals surface area contributed by atoms with Crippen LogP contribution in [0.5, 0.6) is 0 Å².